The van der Waals surface area contributed by atoms with E-state index in [1.807, 2.05) is 11.8 Å². The van der Waals surface area contributed by atoms with E-state index in [1.165, 1.54) is 12.8 Å². The van der Waals surface area contributed by atoms with E-state index in [9.17, 15) is 4.79 Å². The van der Waals surface area contributed by atoms with Gasteiger partial charge >= 0.3 is 0 Å². The predicted molar refractivity (Wildman–Crippen MR) is 86.2 cm³/mol. The van der Waals surface area contributed by atoms with Crippen LogP contribution in [-0.4, -0.2) is 23.0 Å². The van der Waals surface area contributed by atoms with Crippen molar-refractivity contribution in [3.8, 4) is 0 Å². The van der Waals surface area contributed by atoms with Gasteiger partial charge in [0.1, 0.15) is 0 Å². The first-order chi connectivity index (χ1) is 9.10. The average Bonchev–Trinajstić information content (AvgIpc) is 2.76. The molecule has 0 saturated heterocycles. The van der Waals surface area contributed by atoms with Crippen molar-refractivity contribution in [2.45, 2.75) is 37.5 Å². The molecule has 1 N–H and O–H groups in total. The molecule has 1 aliphatic rings. The van der Waals surface area contributed by atoms with Gasteiger partial charge in [-0.25, -0.2) is 0 Å². The molecule has 0 radical (unpaired) electrons. The number of halogens is 2. The minimum Gasteiger partial charge on any atom is -0.348 e. The summed E-state index contributed by atoms with van der Waals surface area (Å²) in [6.45, 7) is 2.16. The van der Waals surface area contributed by atoms with Gasteiger partial charge in [0.05, 0.1) is 0 Å². The third-order valence-electron chi connectivity index (χ3n) is 3.27. The molecule has 1 amide bonds. The lowest BCUT2D eigenvalue weighted by Crippen LogP contribution is -2.38. The van der Waals surface area contributed by atoms with Crippen LogP contribution >= 0.6 is 39.3 Å². The summed E-state index contributed by atoms with van der Waals surface area (Å²) < 4.78 is 0.830. The Morgan fingerprint density at radius 3 is 2.95 bits per heavy atom. The second-order valence-corrected chi connectivity index (χ2v) is 7.53. The quantitative estimate of drug-likeness (QED) is 0.854. The van der Waals surface area contributed by atoms with Crippen molar-refractivity contribution in [2.24, 2.45) is 0 Å². The first kappa shape index (κ1) is 15.2. The number of amides is 1. The Kier molecular flexibility index (Phi) is 5.60. The van der Waals surface area contributed by atoms with Gasteiger partial charge in [0.15, 0.2) is 0 Å². The molecule has 0 aliphatic heterocycles. The van der Waals surface area contributed by atoms with Crippen LogP contribution < -0.4 is 5.32 Å². The average molecular weight is 363 g/mol. The number of benzene rings is 1. The van der Waals surface area contributed by atoms with Gasteiger partial charge in [-0.3, -0.25) is 4.79 Å². The molecular formula is C14H17BrClNOS. The standard InChI is InChI=1S/C14H17BrClNOS/c1-2-19-13-5-3-4-12(13)17-14(18)9-6-10(15)8-11(16)7-9/h6-8,12-13H,2-5H2,1H3,(H,17,18). The summed E-state index contributed by atoms with van der Waals surface area (Å²) in [5.74, 6) is 1.07. The second kappa shape index (κ2) is 7.00. The third-order valence-corrected chi connectivity index (χ3v) is 5.28. The van der Waals surface area contributed by atoms with Crippen LogP contribution in [0.4, 0.5) is 0 Å². The van der Waals surface area contributed by atoms with Crippen LogP contribution in [0.2, 0.25) is 5.02 Å². The van der Waals surface area contributed by atoms with Gasteiger partial charge in [-0.1, -0.05) is 40.9 Å². The van der Waals surface area contributed by atoms with Gasteiger partial charge in [0, 0.05) is 26.4 Å². The summed E-state index contributed by atoms with van der Waals surface area (Å²) >= 11 is 11.3. The van der Waals surface area contributed by atoms with E-state index in [0.717, 1.165) is 16.6 Å². The van der Waals surface area contributed by atoms with Gasteiger partial charge in [0.25, 0.3) is 5.91 Å². The van der Waals surface area contributed by atoms with Crippen molar-refractivity contribution in [1.82, 2.24) is 5.32 Å². The van der Waals surface area contributed by atoms with Crippen LogP contribution in [0.1, 0.15) is 36.5 Å². The fraction of sp³-hybridized carbons (Fsp3) is 0.500. The number of nitrogens with one attached hydrogen (secondary N) is 1. The van der Waals surface area contributed by atoms with Crippen molar-refractivity contribution in [1.29, 1.82) is 0 Å². The maximum Gasteiger partial charge on any atom is 0.251 e. The van der Waals surface area contributed by atoms with Gasteiger partial charge in [-0.2, -0.15) is 11.8 Å². The van der Waals surface area contributed by atoms with E-state index in [-0.39, 0.29) is 11.9 Å². The fourth-order valence-electron chi connectivity index (χ4n) is 2.44. The molecule has 1 aromatic rings. The maximum absolute atomic E-state index is 12.3. The summed E-state index contributed by atoms with van der Waals surface area (Å²) in [5, 5.41) is 4.27. The molecular weight excluding hydrogens is 346 g/mol. The molecule has 19 heavy (non-hydrogen) atoms. The molecule has 0 aromatic heterocycles. The highest BCUT2D eigenvalue weighted by Crippen LogP contribution is 2.30. The molecule has 0 bridgehead atoms. The zero-order chi connectivity index (χ0) is 13.8. The number of carbonyl (C=O) groups is 1. The van der Waals surface area contributed by atoms with Gasteiger partial charge in [-0.15, -0.1) is 0 Å². The molecule has 1 aliphatic carbocycles. The van der Waals surface area contributed by atoms with Crippen molar-refractivity contribution >= 4 is 45.2 Å². The van der Waals surface area contributed by atoms with Gasteiger partial charge < -0.3 is 5.32 Å². The van der Waals surface area contributed by atoms with Crippen LogP contribution in [0.15, 0.2) is 22.7 Å². The Morgan fingerprint density at radius 1 is 1.47 bits per heavy atom. The number of hydrogen-bond acceptors (Lipinski definition) is 2. The number of rotatable bonds is 4. The first-order valence-corrected chi connectivity index (χ1v) is 8.70. The Hall–Kier alpha value is -0.190. The maximum atomic E-state index is 12.3. The van der Waals surface area contributed by atoms with E-state index in [1.54, 1.807) is 18.2 Å². The molecule has 2 nitrogen and oxygen atoms in total. The van der Waals surface area contributed by atoms with Gasteiger partial charge in [0.2, 0.25) is 0 Å². The molecule has 104 valence electrons. The zero-order valence-corrected chi connectivity index (χ0v) is 13.9. The highest BCUT2D eigenvalue weighted by atomic mass is 79.9. The minimum atomic E-state index is -0.0307. The summed E-state index contributed by atoms with van der Waals surface area (Å²) in [6.07, 6.45) is 3.47. The van der Waals surface area contributed by atoms with Crippen LogP contribution in [0.3, 0.4) is 0 Å². The summed E-state index contributed by atoms with van der Waals surface area (Å²) in [7, 11) is 0. The molecule has 2 unspecified atom stereocenters. The molecule has 1 saturated carbocycles. The number of hydrogen-bond donors (Lipinski definition) is 1. The van der Waals surface area contributed by atoms with E-state index < -0.39 is 0 Å². The Labute approximate surface area is 131 Å². The molecule has 0 spiro atoms. The highest BCUT2D eigenvalue weighted by Gasteiger charge is 2.28. The summed E-state index contributed by atoms with van der Waals surface area (Å²) in [5.41, 5.74) is 0.617. The SMILES string of the molecule is CCSC1CCCC1NC(=O)c1cc(Cl)cc(Br)c1. The number of thioether (sulfide) groups is 1. The van der Waals surface area contributed by atoms with E-state index in [4.69, 9.17) is 11.6 Å². The fourth-order valence-corrected chi connectivity index (χ4v) is 4.50. The first-order valence-electron chi connectivity index (χ1n) is 6.48. The van der Waals surface area contributed by atoms with Crippen LogP contribution in [0, 0.1) is 0 Å². The molecule has 2 rings (SSSR count). The Bertz CT molecular complexity index is 449. The molecule has 0 heterocycles. The highest BCUT2D eigenvalue weighted by molar-refractivity contribution is 9.10. The predicted octanol–water partition coefficient (Wildman–Crippen LogP) is 4.51. The smallest absolute Gasteiger partial charge is 0.251 e. The van der Waals surface area contributed by atoms with Gasteiger partial charge in [-0.05, 0) is 36.8 Å². The molecule has 1 aromatic carbocycles. The Balaban J connectivity index is 2.04. The van der Waals surface area contributed by atoms with Crippen LogP contribution in [0.5, 0.6) is 0 Å². The largest absolute Gasteiger partial charge is 0.348 e. The minimum absolute atomic E-state index is 0.0307. The van der Waals surface area contributed by atoms with E-state index in [0.29, 0.717) is 15.8 Å². The summed E-state index contributed by atoms with van der Waals surface area (Å²) in [6, 6.07) is 5.58. The van der Waals surface area contributed by atoms with Crippen molar-refractivity contribution in [3.63, 3.8) is 0 Å². The van der Waals surface area contributed by atoms with Crippen LogP contribution in [0.25, 0.3) is 0 Å². The van der Waals surface area contributed by atoms with Crippen LogP contribution in [-0.2, 0) is 0 Å². The third kappa shape index (κ3) is 4.14. The lowest BCUT2D eigenvalue weighted by Gasteiger charge is -2.20. The lowest BCUT2D eigenvalue weighted by atomic mass is 10.2. The zero-order valence-electron chi connectivity index (χ0n) is 10.8. The normalized spacial score (nSPS) is 22.5. The second-order valence-electron chi connectivity index (χ2n) is 4.66. The molecule has 5 heteroatoms. The number of carbonyl (C=O) groups excluding carboxylic acids is 1. The summed E-state index contributed by atoms with van der Waals surface area (Å²) in [4.78, 5) is 12.3. The topological polar surface area (TPSA) is 29.1 Å². The van der Waals surface area contributed by atoms with E-state index >= 15 is 0 Å². The molecule has 1 fully saturated rings. The monoisotopic (exact) mass is 361 g/mol. The van der Waals surface area contributed by atoms with Crippen molar-refractivity contribution < 1.29 is 4.79 Å². The van der Waals surface area contributed by atoms with Crippen molar-refractivity contribution in [3.05, 3.63) is 33.3 Å². The van der Waals surface area contributed by atoms with E-state index in [2.05, 4.69) is 28.2 Å². The Morgan fingerprint density at radius 2 is 2.26 bits per heavy atom. The van der Waals surface area contributed by atoms with Crippen molar-refractivity contribution in [2.75, 3.05) is 5.75 Å². The molecule has 2 atom stereocenters. The lowest BCUT2D eigenvalue weighted by molar-refractivity contribution is 0.0938.